The normalized spacial score (nSPS) is 11.3. The smallest absolute Gasteiger partial charge is 0.190 e. The summed E-state index contributed by atoms with van der Waals surface area (Å²) < 4.78 is 0. The second kappa shape index (κ2) is 7.63. The van der Waals surface area contributed by atoms with Crippen molar-refractivity contribution in [2.75, 3.05) is 0 Å². The van der Waals surface area contributed by atoms with Crippen molar-refractivity contribution < 1.29 is 0 Å². The molecule has 4 aromatic rings. The Morgan fingerprint density at radius 1 is 0.963 bits per heavy atom. The number of aromatic nitrogens is 2. The number of hydrogen-bond donors (Lipinski definition) is 0. The van der Waals surface area contributed by atoms with Gasteiger partial charge in [0.2, 0.25) is 0 Å². The van der Waals surface area contributed by atoms with Gasteiger partial charge in [0.05, 0.1) is 5.39 Å². The molecule has 0 unspecified atom stereocenters. The Hall–Kier alpha value is -1.88. The minimum atomic E-state index is 0.529. The Morgan fingerprint density at radius 2 is 1.78 bits per heavy atom. The van der Waals surface area contributed by atoms with Gasteiger partial charge in [-0.15, -0.1) is 11.3 Å². The molecule has 0 amide bonds. The Labute approximate surface area is 172 Å². The van der Waals surface area contributed by atoms with E-state index in [2.05, 4.69) is 73.6 Å². The van der Waals surface area contributed by atoms with Crippen LogP contribution in [-0.2, 0) is 5.75 Å². The number of rotatable bonds is 4. The molecule has 0 N–H and O–H groups in total. The van der Waals surface area contributed by atoms with E-state index in [0.717, 1.165) is 32.3 Å². The lowest BCUT2D eigenvalue weighted by Gasteiger charge is -2.07. The number of benzene rings is 2. The first-order valence-corrected chi connectivity index (χ1v) is 11.0. The van der Waals surface area contributed by atoms with Gasteiger partial charge in [0.15, 0.2) is 5.16 Å². The fraction of sp³-hybridized carbons (Fsp3) is 0.182. The number of halogens is 1. The number of hydrogen-bond acceptors (Lipinski definition) is 4. The summed E-state index contributed by atoms with van der Waals surface area (Å²) in [6, 6.07) is 14.9. The predicted molar refractivity (Wildman–Crippen MR) is 118 cm³/mol. The van der Waals surface area contributed by atoms with Gasteiger partial charge in [0, 0.05) is 16.7 Å². The van der Waals surface area contributed by atoms with Crippen LogP contribution < -0.4 is 0 Å². The topological polar surface area (TPSA) is 25.8 Å². The average Bonchev–Trinajstić information content (AvgIpc) is 3.08. The molecule has 0 saturated heterocycles. The zero-order valence-corrected chi connectivity index (χ0v) is 17.8. The summed E-state index contributed by atoms with van der Waals surface area (Å²) in [6.45, 7) is 6.38. The number of thiophene rings is 1. The average molecular weight is 411 g/mol. The highest BCUT2D eigenvalue weighted by atomic mass is 35.5. The molecular formula is C22H19ClN2S2. The van der Waals surface area contributed by atoms with Crippen molar-refractivity contribution in [3.05, 3.63) is 75.3 Å². The van der Waals surface area contributed by atoms with Gasteiger partial charge in [-0.2, -0.15) is 0 Å². The van der Waals surface area contributed by atoms with E-state index in [1.165, 1.54) is 22.3 Å². The fourth-order valence-corrected chi connectivity index (χ4v) is 5.28. The minimum absolute atomic E-state index is 0.529. The lowest BCUT2D eigenvalue weighted by molar-refractivity contribution is 1.01. The lowest BCUT2D eigenvalue weighted by atomic mass is 10.0. The molecule has 0 radical (unpaired) electrons. The van der Waals surface area contributed by atoms with Crippen molar-refractivity contribution in [1.29, 1.82) is 0 Å². The summed E-state index contributed by atoms with van der Waals surface area (Å²) in [5.41, 5.74) is 7.41. The first-order valence-electron chi connectivity index (χ1n) is 8.72. The van der Waals surface area contributed by atoms with Crippen molar-refractivity contribution in [1.82, 2.24) is 9.97 Å². The van der Waals surface area contributed by atoms with E-state index in [1.807, 2.05) is 0 Å². The SMILES string of the molecule is Cc1ccc(-c2csc3nc(SCc4ccccc4C)nc(Cl)c23)cc1C. The van der Waals surface area contributed by atoms with Gasteiger partial charge in [-0.1, -0.05) is 65.8 Å². The lowest BCUT2D eigenvalue weighted by Crippen LogP contribution is -1.91. The summed E-state index contributed by atoms with van der Waals surface area (Å²) in [4.78, 5) is 10.3. The van der Waals surface area contributed by atoms with Gasteiger partial charge in [0.25, 0.3) is 0 Å². The molecule has 5 heteroatoms. The van der Waals surface area contributed by atoms with Crippen LogP contribution in [-0.4, -0.2) is 9.97 Å². The van der Waals surface area contributed by atoms with Crippen LogP contribution in [0, 0.1) is 20.8 Å². The van der Waals surface area contributed by atoms with Crippen LogP contribution >= 0.6 is 34.7 Å². The second-order valence-electron chi connectivity index (χ2n) is 6.64. The van der Waals surface area contributed by atoms with E-state index in [4.69, 9.17) is 16.6 Å². The maximum absolute atomic E-state index is 6.58. The molecule has 0 aliphatic heterocycles. The van der Waals surface area contributed by atoms with Crippen LogP contribution in [0.5, 0.6) is 0 Å². The molecule has 0 aliphatic carbocycles. The molecule has 0 atom stereocenters. The van der Waals surface area contributed by atoms with Crippen LogP contribution in [0.2, 0.25) is 5.15 Å². The van der Waals surface area contributed by atoms with Crippen LogP contribution in [0.3, 0.4) is 0 Å². The summed E-state index contributed by atoms with van der Waals surface area (Å²) in [5, 5.41) is 4.33. The summed E-state index contributed by atoms with van der Waals surface area (Å²) >= 11 is 9.83. The van der Waals surface area contributed by atoms with E-state index in [9.17, 15) is 0 Å². The Kier molecular flexibility index (Phi) is 5.22. The van der Waals surface area contributed by atoms with Crippen molar-refractivity contribution >= 4 is 44.9 Å². The zero-order chi connectivity index (χ0) is 19.0. The maximum Gasteiger partial charge on any atom is 0.190 e. The highest BCUT2D eigenvalue weighted by Crippen LogP contribution is 2.38. The first-order chi connectivity index (χ1) is 13.0. The van der Waals surface area contributed by atoms with E-state index < -0.39 is 0 Å². The highest BCUT2D eigenvalue weighted by Gasteiger charge is 2.15. The summed E-state index contributed by atoms with van der Waals surface area (Å²) in [6.07, 6.45) is 0. The van der Waals surface area contributed by atoms with Gasteiger partial charge >= 0.3 is 0 Å². The quantitative estimate of drug-likeness (QED) is 0.201. The summed E-state index contributed by atoms with van der Waals surface area (Å²) in [5.74, 6) is 0.837. The monoisotopic (exact) mass is 410 g/mol. The maximum atomic E-state index is 6.58. The van der Waals surface area contributed by atoms with Crippen molar-refractivity contribution in [2.45, 2.75) is 31.7 Å². The molecule has 2 nitrogen and oxygen atoms in total. The molecule has 2 heterocycles. The van der Waals surface area contributed by atoms with Crippen LogP contribution in [0.1, 0.15) is 22.3 Å². The number of aryl methyl sites for hydroxylation is 3. The van der Waals surface area contributed by atoms with Gasteiger partial charge in [-0.3, -0.25) is 0 Å². The third-order valence-corrected chi connectivity index (χ3v) is 6.85. The minimum Gasteiger partial charge on any atom is -0.211 e. The molecule has 2 aromatic heterocycles. The Bertz CT molecular complexity index is 1130. The van der Waals surface area contributed by atoms with Crippen LogP contribution in [0.4, 0.5) is 0 Å². The first kappa shape index (κ1) is 18.5. The molecule has 2 aromatic carbocycles. The van der Waals surface area contributed by atoms with E-state index in [0.29, 0.717) is 5.15 Å². The molecule has 0 fully saturated rings. The van der Waals surface area contributed by atoms with E-state index in [1.54, 1.807) is 23.1 Å². The highest BCUT2D eigenvalue weighted by molar-refractivity contribution is 7.98. The zero-order valence-electron chi connectivity index (χ0n) is 15.4. The number of thioether (sulfide) groups is 1. The Balaban J connectivity index is 1.67. The Morgan fingerprint density at radius 3 is 2.56 bits per heavy atom. The van der Waals surface area contributed by atoms with E-state index >= 15 is 0 Å². The molecule has 4 rings (SSSR count). The molecule has 27 heavy (non-hydrogen) atoms. The van der Waals surface area contributed by atoms with Gasteiger partial charge < -0.3 is 0 Å². The third kappa shape index (κ3) is 3.75. The molecular weight excluding hydrogens is 392 g/mol. The van der Waals surface area contributed by atoms with Gasteiger partial charge in [-0.05, 0) is 48.6 Å². The van der Waals surface area contributed by atoms with Crippen molar-refractivity contribution in [3.8, 4) is 11.1 Å². The number of fused-ring (bicyclic) bond motifs is 1. The van der Waals surface area contributed by atoms with Crippen LogP contribution in [0.25, 0.3) is 21.3 Å². The fourth-order valence-electron chi connectivity index (χ4n) is 2.98. The van der Waals surface area contributed by atoms with Gasteiger partial charge in [-0.25, -0.2) is 9.97 Å². The molecule has 136 valence electrons. The number of nitrogens with zero attached hydrogens (tertiary/aromatic N) is 2. The standard InChI is InChI=1S/C22H19ClN2S2/c1-13-8-9-16(10-15(13)3)18-12-26-21-19(18)20(23)24-22(25-21)27-11-17-7-5-4-6-14(17)2/h4-10,12H,11H2,1-3H3. The largest absolute Gasteiger partial charge is 0.211 e. The van der Waals surface area contributed by atoms with Crippen LogP contribution in [0.15, 0.2) is 53.0 Å². The van der Waals surface area contributed by atoms with E-state index in [-0.39, 0.29) is 0 Å². The molecule has 0 saturated carbocycles. The van der Waals surface area contributed by atoms with Gasteiger partial charge in [0.1, 0.15) is 9.98 Å². The van der Waals surface area contributed by atoms with Crippen molar-refractivity contribution in [3.63, 3.8) is 0 Å². The second-order valence-corrected chi connectivity index (χ2v) is 8.80. The van der Waals surface area contributed by atoms with Crippen molar-refractivity contribution in [2.24, 2.45) is 0 Å². The molecule has 0 spiro atoms. The molecule has 0 aliphatic rings. The predicted octanol–water partition coefficient (Wildman–Crippen LogP) is 7.23. The molecule has 0 bridgehead atoms. The summed E-state index contributed by atoms with van der Waals surface area (Å²) in [7, 11) is 0. The third-order valence-electron chi connectivity index (χ3n) is 4.80.